The van der Waals surface area contributed by atoms with Gasteiger partial charge in [0, 0.05) is 18.2 Å². The Kier molecular flexibility index (Phi) is 2.09. The number of nitro groups is 1. The van der Waals surface area contributed by atoms with Crippen molar-refractivity contribution in [2.75, 3.05) is 0 Å². The van der Waals surface area contributed by atoms with Crippen LogP contribution >= 0.6 is 11.6 Å². The van der Waals surface area contributed by atoms with Gasteiger partial charge in [0.2, 0.25) is 5.28 Å². The average molecular weight is 212 g/mol. The first-order valence-corrected chi connectivity index (χ1v) is 4.31. The molecule has 0 saturated carbocycles. The summed E-state index contributed by atoms with van der Waals surface area (Å²) in [4.78, 5) is 16.9. The van der Waals surface area contributed by atoms with E-state index in [-0.39, 0.29) is 5.70 Å². The predicted octanol–water partition coefficient (Wildman–Crippen LogP) is 1.79. The van der Waals surface area contributed by atoms with Gasteiger partial charge in [0.05, 0.1) is 10.6 Å². The van der Waals surface area contributed by atoms with Gasteiger partial charge in [0.25, 0.3) is 5.70 Å². The summed E-state index contributed by atoms with van der Waals surface area (Å²) in [5, 5.41) is 10.8. The van der Waals surface area contributed by atoms with Crippen molar-refractivity contribution in [3.8, 4) is 0 Å². The van der Waals surface area contributed by atoms with Crippen LogP contribution in [-0.2, 0) is 6.42 Å². The maximum Gasteiger partial charge on any atom is 0.265 e. The standard InChI is InChI=1S/C8H6ClN3O2/c9-8-10-6-3-1-5(12(13)14)2-4-7(6)11-8/h1-3H,4H2,(H,10,11). The number of aromatic amines is 1. The van der Waals surface area contributed by atoms with Crippen molar-refractivity contribution in [2.45, 2.75) is 6.42 Å². The number of allylic oxidation sites excluding steroid dienone is 2. The number of nitrogens with one attached hydrogen (secondary N) is 1. The number of aromatic nitrogens is 2. The van der Waals surface area contributed by atoms with Gasteiger partial charge < -0.3 is 4.98 Å². The van der Waals surface area contributed by atoms with E-state index in [4.69, 9.17) is 11.6 Å². The fourth-order valence-corrected chi connectivity index (χ4v) is 1.46. The summed E-state index contributed by atoms with van der Waals surface area (Å²) in [6, 6.07) is 0. The van der Waals surface area contributed by atoms with Crippen molar-refractivity contribution >= 4 is 17.7 Å². The monoisotopic (exact) mass is 211 g/mol. The third-order valence-corrected chi connectivity index (χ3v) is 2.10. The smallest absolute Gasteiger partial charge is 0.265 e. The van der Waals surface area contributed by atoms with Gasteiger partial charge in [0.1, 0.15) is 0 Å². The summed E-state index contributed by atoms with van der Waals surface area (Å²) >= 11 is 5.65. The Balaban J connectivity index is 2.38. The first-order chi connectivity index (χ1) is 6.66. The van der Waals surface area contributed by atoms with Gasteiger partial charge in [-0.05, 0) is 23.8 Å². The van der Waals surface area contributed by atoms with Crippen LogP contribution in [0.15, 0.2) is 17.8 Å². The zero-order chi connectivity index (χ0) is 10.1. The molecule has 0 amide bonds. The molecule has 0 unspecified atom stereocenters. The van der Waals surface area contributed by atoms with Gasteiger partial charge >= 0.3 is 0 Å². The van der Waals surface area contributed by atoms with E-state index < -0.39 is 4.92 Å². The van der Waals surface area contributed by atoms with Crippen LogP contribution in [0.25, 0.3) is 6.08 Å². The molecule has 0 spiro atoms. The van der Waals surface area contributed by atoms with E-state index >= 15 is 0 Å². The number of halogens is 1. The molecule has 0 radical (unpaired) electrons. The van der Waals surface area contributed by atoms with Crippen LogP contribution in [0, 0.1) is 10.1 Å². The van der Waals surface area contributed by atoms with Crippen molar-refractivity contribution in [2.24, 2.45) is 0 Å². The summed E-state index contributed by atoms with van der Waals surface area (Å²) in [7, 11) is 0. The Labute approximate surface area is 84.3 Å². The molecule has 72 valence electrons. The van der Waals surface area contributed by atoms with Gasteiger partial charge in [-0.25, -0.2) is 4.98 Å². The summed E-state index contributed by atoms with van der Waals surface area (Å²) in [6.07, 6.45) is 4.97. The first-order valence-electron chi connectivity index (χ1n) is 3.94. The topological polar surface area (TPSA) is 71.8 Å². The molecule has 1 aliphatic rings. The fraction of sp³-hybridized carbons (Fsp3) is 0.125. The fourth-order valence-electron chi connectivity index (χ4n) is 1.26. The van der Waals surface area contributed by atoms with E-state index in [9.17, 15) is 10.1 Å². The van der Waals surface area contributed by atoms with Crippen LogP contribution in [-0.4, -0.2) is 14.9 Å². The molecule has 14 heavy (non-hydrogen) atoms. The SMILES string of the molecule is O=[N+]([O-])C1=CCc2[nH]c(Cl)nc2C=C1. The zero-order valence-electron chi connectivity index (χ0n) is 7.03. The molecular formula is C8H6ClN3O2. The van der Waals surface area contributed by atoms with Crippen LogP contribution < -0.4 is 0 Å². The molecule has 0 fully saturated rings. The Morgan fingerprint density at radius 3 is 3.07 bits per heavy atom. The van der Waals surface area contributed by atoms with Crippen molar-refractivity contribution in [3.63, 3.8) is 0 Å². The quantitative estimate of drug-likeness (QED) is 0.569. The van der Waals surface area contributed by atoms with Gasteiger partial charge in [-0.1, -0.05) is 0 Å². The Hall–Kier alpha value is -1.62. The molecule has 0 aromatic carbocycles. The second-order valence-electron chi connectivity index (χ2n) is 2.81. The lowest BCUT2D eigenvalue weighted by molar-refractivity contribution is -0.419. The first kappa shape index (κ1) is 8.96. The number of rotatable bonds is 1. The summed E-state index contributed by atoms with van der Waals surface area (Å²) in [6.45, 7) is 0. The lowest BCUT2D eigenvalue weighted by Crippen LogP contribution is -1.94. The van der Waals surface area contributed by atoms with Crippen LogP contribution in [0.5, 0.6) is 0 Å². The van der Waals surface area contributed by atoms with E-state index in [1.165, 1.54) is 12.2 Å². The molecular weight excluding hydrogens is 206 g/mol. The van der Waals surface area contributed by atoms with Crippen LogP contribution in [0.4, 0.5) is 0 Å². The maximum absolute atomic E-state index is 10.5. The molecule has 1 aliphatic carbocycles. The lowest BCUT2D eigenvalue weighted by Gasteiger charge is -1.89. The minimum Gasteiger partial charge on any atom is -0.332 e. The number of fused-ring (bicyclic) bond motifs is 1. The highest BCUT2D eigenvalue weighted by Gasteiger charge is 2.13. The molecule has 6 heteroatoms. The molecule has 0 atom stereocenters. The van der Waals surface area contributed by atoms with Crippen LogP contribution in [0.3, 0.4) is 0 Å². The Bertz CT molecular complexity index is 447. The second kappa shape index (κ2) is 3.26. The van der Waals surface area contributed by atoms with Gasteiger partial charge in [-0.3, -0.25) is 10.1 Å². The van der Waals surface area contributed by atoms with E-state index in [1.54, 1.807) is 6.08 Å². The minimum atomic E-state index is -0.427. The summed E-state index contributed by atoms with van der Waals surface area (Å²) in [5.74, 6) is 0. The molecule has 0 bridgehead atoms. The third-order valence-electron chi connectivity index (χ3n) is 1.92. The maximum atomic E-state index is 10.5. The molecule has 0 aliphatic heterocycles. The van der Waals surface area contributed by atoms with Gasteiger partial charge in [-0.2, -0.15) is 0 Å². The molecule has 0 saturated heterocycles. The van der Waals surface area contributed by atoms with Crippen molar-refractivity contribution in [1.29, 1.82) is 0 Å². The van der Waals surface area contributed by atoms with E-state index in [2.05, 4.69) is 9.97 Å². The minimum absolute atomic E-state index is 0.0764. The van der Waals surface area contributed by atoms with Gasteiger partial charge in [-0.15, -0.1) is 0 Å². The third kappa shape index (κ3) is 1.54. The number of imidazole rings is 1. The van der Waals surface area contributed by atoms with Crippen molar-refractivity contribution in [3.05, 3.63) is 44.6 Å². The molecule has 2 rings (SSSR count). The lowest BCUT2D eigenvalue weighted by atomic mass is 10.2. The highest BCUT2D eigenvalue weighted by atomic mass is 35.5. The predicted molar refractivity (Wildman–Crippen MR) is 51.4 cm³/mol. The van der Waals surface area contributed by atoms with Crippen molar-refractivity contribution < 1.29 is 4.92 Å². The van der Waals surface area contributed by atoms with Gasteiger partial charge in [0.15, 0.2) is 0 Å². The Morgan fingerprint density at radius 1 is 1.57 bits per heavy atom. The molecule has 1 aromatic rings. The van der Waals surface area contributed by atoms with Crippen LogP contribution in [0.2, 0.25) is 5.28 Å². The Morgan fingerprint density at radius 2 is 2.36 bits per heavy atom. The number of H-pyrrole nitrogens is 1. The highest BCUT2D eigenvalue weighted by molar-refractivity contribution is 6.28. The van der Waals surface area contributed by atoms with E-state index in [0.717, 1.165) is 5.69 Å². The van der Waals surface area contributed by atoms with Crippen molar-refractivity contribution in [1.82, 2.24) is 9.97 Å². The summed E-state index contributed by atoms with van der Waals surface area (Å²) < 4.78 is 0. The largest absolute Gasteiger partial charge is 0.332 e. The van der Waals surface area contributed by atoms with E-state index in [0.29, 0.717) is 17.4 Å². The second-order valence-corrected chi connectivity index (χ2v) is 3.17. The number of hydrogen-bond acceptors (Lipinski definition) is 3. The molecule has 1 N–H and O–H groups in total. The zero-order valence-corrected chi connectivity index (χ0v) is 7.78. The summed E-state index contributed by atoms with van der Waals surface area (Å²) in [5.41, 5.74) is 1.53. The molecule has 1 heterocycles. The molecule has 1 aromatic heterocycles. The average Bonchev–Trinajstić information content (AvgIpc) is 2.34. The van der Waals surface area contributed by atoms with E-state index in [1.807, 2.05) is 0 Å². The highest BCUT2D eigenvalue weighted by Crippen LogP contribution is 2.18. The molecule has 5 nitrogen and oxygen atoms in total. The normalized spacial score (nSPS) is 14.5. The number of nitrogens with zero attached hydrogens (tertiary/aromatic N) is 2. The van der Waals surface area contributed by atoms with Crippen LogP contribution in [0.1, 0.15) is 11.4 Å². The number of hydrogen-bond donors (Lipinski definition) is 1.